The van der Waals surface area contributed by atoms with Crippen LogP contribution in [0.5, 0.6) is 0 Å². The van der Waals surface area contributed by atoms with Crippen LogP contribution in [0.15, 0.2) is 31.0 Å². The van der Waals surface area contributed by atoms with Crippen molar-refractivity contribution in [1.82, 2.24) is 24.8 Å². The van der Waals surface area contributed by atoms with Crippen molar-refractivity contribution in [2.45, 2.75) is 64.0 Å². The van der Waals surface area contributed by atoms with Gasteiger partial charge in [-0.1, -0.05) is 19.3 Å². The van der Waals surface area contributed by atoms with Crippen LogP contribution in [0.2, 0.25) is 0 Å². The maximum absolute atomic E-state index is 4.64. The number of hydrogen-bond acceptors (Lipinski definition) is 5. The zero-order chi connectivity index (χ0) is 16.8. The predicted octanol–water partition coefficient (Wildman–Crippen LogP) is 3.38. The lowest BCUT2D eigenvalue weighted by Gasteiger charge is -2.24. The van der Waals surface area contributed by atoms with E-state index in [9.17, 15) is 0 Å². The summed E-state index contributed by atoms with van der Waals surface area (Å²) in [5.74, 6) is 1.61. The first-order chi connectivity index (χ1) is 11.7. The Labute approximate surface area is 144 Å². The van der Waals surface area contributed by atoms with E-state index in [1.54, 1.807) is 12.4 Å². The molecule has 2 aromatic heterocycles. The SMILES string of the molecule is C[C@@H](Cc1cnccn1)N(C)Cc1cnc(C2CCCCC2)nc1. The molecule has 5 nitrogen and oxygen atoms in total. The third-order valence-electron chi connectivity index (χ3n) is 5.00. The number of aromatic nitrogens is 4. The second-order valence-corrected chi connectivity index (χ2v) is 6.95. The minimum atomic E-state index is 0.389. The van der Waals surface area contributed by atoms with Crippen molar-refractivity contribution in [3.05, 3.63) is 48.1 Å². The third-order valence-corrected chi connectivity index (χ3v) is 5.00. The maximum Gasteiger partial charge on any atom is 0.131 e. The second-order valence-electron chi connectivity index (χ2n) is 6.95. The van der Waals surface area contributed by atoms with Crippen LogP contribution in [0, 0.1) is 0 Å². The van der Waals surface area contributed by atoms with Gasteiger partial charge in [-0.3, -0.25) is 14.9 Å². The lowest BCUT2D eigenvalue weighted by molar-refractivity contribution is 0.246. The van der Waals surface area contributed by atoms with E-state index < -0.39 is 0 Å². The molecule has 0 amide bonds. The summed E-state index contributed by atoms with van der Waals surface area (Å²) in [7, 11) is 2.14. The van der Waals surface area contributed by atoms with Crippen LogP contribution < -0.4 is 0 Å². The molecule has 1 atom stereocenters. The van der Waals surface area contributed by atoms with Crippen molar-refractivity contribution in [3.63, 3.8) is 0 Å². The number of rotatable bonds is 6. The molecule has 0 unspecified atom stereocenters. The van der Waals surface area contributed by atoms with Crippen LogP contribution >= 0.6 is 0 Å². The van der Waals surface area contributed by atoms with E-state index in [0.29, 0.717) is 12.0 Å². The smallest absolute Gasteiger partial charge is 0.131 e. The predicted molar refractivity (Wildman–Crippen MR) is 94.5 cm³/mol. The quantitative estimate of drug-likeness (QED) is 0.815. The van der Waals surface area contributed by atoms with Crippen LogP contribution in [0.4, 0.5) is 0 Å². The molecule has 0 radical (unpaired) electrons. The maximum atomic E-state index is 4.64. The molecule has 1 aliphatic rings. The lowest BCUT2D eigenvalue weighted by Crippen LogP contribution is -2.30. The summed E-state index contributed by atoms with van der Waals surface area (Å²) in [6, 6.07) is 0.389. The van der Waals surface area contributed by atoms with Gasteiger partial charge in [0.25, 0.3) is 0 Å². The summed E-state index contributed by atoms with van der Waals surface area (Å²) in [6.45, 7) is 3.07. The molecule has 0 bridgehead atoms. The van der Waals surface area contributed by atoms with E-state index in [2.05, 4.69) is 38.8 Å². The minimum absolute atomic E-state index is 0.389. The molecule has 0 N–H and O–H groups in total. The summed E-state index contributed by atoms with van der Waals surface area (Å²) in [5, 5.41) is 0. The van der Waals surface area contributed by atoms with Gasteiger partial charge in [-0.25, -0.2) is 9.97 Å². The molecule has 24 heavy (non-hydrogen) atoms. The van der Waals surface area contributed by atoms with Crippen molar-refractivity contribution in [3.8, 4) is 0 Å². The van der Waals surface area contributed by atoms with Crippen LogP contribution in [-0.2, 0) is 13.0 Å². The van der Waals surface area contributed by atoms with Gasteiger partial charge in [0.1, 0.15) is 5.82 Å². The second kappa shape index (κ2) is 8.29. The van der Waals surface area contributed by atoms with Gasteiger partial charge in [-0.05, 0) is 26.8 Å². The van der Waals surface area contributed by atoms with E-state index in [1.807, 2.05) is 18.6 Å². The molecule has 2 aromatic rings. The molecule has 2 heterocycles. The highest BCUT2D eigenvalue weighted by Gasteiger charge is 2.18. The van der Waals surface area contributed by atoms with Crippen LogP contribution in [0.3, 0.4) is 0 Å². The molecule has 0 spiro atoms. The average molecular weight is 325 g/mol. The molecule has 5 heteroatoms. The average Bonchev–Trinajstić information content (AvgIpc) is 2.64. The van der Waals surface area contributed by atoms with Gasteiger partial charge >= 0.3 is 0 Å². The summed E-state index contributed by atoms with van der Waals surface area (Å²) in [6.07, 6.45) is 16.7. The van der Waals surface area contributed by atoms with Crippen molar-refractivity contribution in [2.75, 3.05) is 7.05 Å². The van der Waals surface area contributed by atoms with Crippen LogP contribution in [0.25, 0.3) is 0 Å². The highest BCUT2D eigenvalue weighted by atomic mass is 15.1. The van der Waals surface area contributed by atoms with Crippen LogP contribution in [0.1, 0.15) is 62.0 Å². The summed E-state index contributed by atoms with van der Waals surface area (Å²) >= 11 is 0. The normalized spacial score (nSPS) is 17.1. The minimum Gasteiger partial charge on any atom is -0.299 e. The lowest BCUT2D eigenvalue weighted by atomic mass is 9.89. The molecular weight excluding hydrogens is 298 g/mol. The van der Waals surface area contributed by atoms with Crippen molar-refractivity contribution in [1.29, 1.82) is 0 Å². The zero-order valence-corrected chi connectivity index (χ0v) is 14.7. The molecule has 3 rings (SSSR count). The van der Waals surface area contributed by atoms with Crippen molar-refractivity contribution >= 4 is 0 Å². The molecule has 0 saturated heterocycles. The Balaban J connectivity index is 1.54. The topological polar surface area (TPSA) is 54.8 Å². The van der Waals surface area contributed by atoms with E-state index in [4.69, 9.17) is 0 Å². The fourth-order valence-corrected chi connectivity index (χ4v) is 3.36. The fourth-order valence-electron chi connectivity index (χ4n) is 3.36. The van der Waals surface area contributed by atoms with E-state index in [0.717, 1.165) is 24.5 Å². The van der Waals surface area contributed by atoms with E-state index in [1.165, 1.54) is 37.7 Å². The zero-order valence-electron chi connectivity index (χ0n) is 14.7. The van der Waals surface area contributed by atoms with Gasteiger partial charge < -0.3 is 0 Å². The fraction of sp³-hybridized carbons (Fsp3) is 0.579. The summed E-state index contributed by atoms with van der Waals surface area (Å²) in [5.41, 5.74) is 2.20. The molecule has 128 valence electrons. The van der Waals surface area contributed by atoms with Gasteiger partial charge in [-0.2, -0.15) is 0 Å². The number of hydrogen-bond donors (Lipinski definition) is 0. The standard InChI is InChI=1S/C19H27N5/c1-15(10-18-13-20-8-9-21-18)24(2)14-16-11-22-19(23-12-16)17-6-4-3-5-7-17/h8-9,11-13,15,17H,3-7,10,14H2,1-2H3/t15-/m0/s1. The summed E-state index contributed by atoms with van der Waals surface area (Å²) in [4.78, 5) is 20.1. The Hall–Kier alpha value is -1.88. The summed E-state index contributed by atoms with van der Waals surface area (Å²) < 4.78 is 0. The van der Waals surface area contributed by atoms with Gasteiger partial charge in [0.05, 0.1) is 5.69 Å². The van der Waals surface area contributed by atoms with Gasteiger partial charge in [0.15, 0.2) is 0 Å². The van der Waals surface area contributed by atoms with Gasteiger partial charge in [-0.15, -0.1) is 0 Å². The number of likely N-dealkylation sites (N-methyl/N-ethyl adjacent to an activating group) is 1. The Morgan fingerprint density at radius 1 is 1.04 bits per heavy atom. The Bertz CT molecular complexity index is 607. The molecule has 0 aromatic carbocycles. The molecule has 1 fully saturated rings. The first kappa shape index (κ1) is 17.0. The largest absolute Gasteiger partial charge is 0.299 e. The first-order valence-electron chi connectivity index (χ1n) is 8.98. The van der Waals surface area contributed by atoms with Crippen molar-refractivity contribution < 1.29 is 0 Å². The highest BCUT2D eigenvalue weighted by Crippen LogP contribution is 2.30. The van der Waals surface area contributed by atoms with Crippen molar-refractivity contribution in [2.24, 2.45) is 0 Å². The Kier molecular flexibility index (Phi) is 5.86. The first-order valence-corrected chi connectivity index (χ1v) is 8.98. The number of nitrogens with zero attached hydrogens (tertiary/aromatic N) is 5. The van der Waals surface area contributed by atoms with E-state index in [-0.39, 0.29) is 0 Å². The monoisotopic (exact) mass is 325 g/mol. The molecule has 0 aliphatic heterocycles. The Morgan fingerprint density at radius 3 is 2.46 bits per heavy atom. The van der Waals surface area contributed by atoms with E-state index >= 15 is 0 Å². The molecule has 1 aliphatic carbocycles. The van der Waals surface area contributed by atoms with Gasteiger partial charge in [0, 0.05) is 61.5 Å². The van der Waals surface area contributed by atoms with Gasteiger partial charge in [0.2, 0.25) is 0 Å². The third kappa shape index (κ3) is 4.57. The molecular formula is C19H27N5. The highest BCUT2D eigenvalue weighted by molar-refractivity contribution is 5.08. The Morgan fingerprint density at radius 2 is 1.79 bits per heavy atom. The van der Waals surface area contributed by atoms with Crippen LogP contribution in [-0.4, -0.2) is 37.9 Å². The molecule has 1 saturated carbocycles.